The lowest BCUT2D eigenvalue weighted by Crippen LogP contribution is -2.29. The molecule has 3 heterocycles. The van der Waals surface area contributed by atoms with E-state index in [0.29, 0.717) is 59.1 Å². The Morgan fingerprint density at radius 3 is 2.59 bits per heavy atom. The summed E-state index contributed by atoms with van der Waals surface area (Å²) < 4.78 is 23.9. The van der Waals surface area contributed by atoms with E-state index in [4.69, 9.17) is 23.9 Å². The molecule has 2 aliphatic rings. The lowest BCUT2D eigenvalue weighted by Gasteiger charge is -2.24. The summed E-state index contributed by atoms with van der Waals surface area (Å²) >= 11 is 1.33. The second-order valence-corrected chi connectivity index (χ2v) is 11.9. The van der Waals surface area contributed by atoms with Gasteiger partial charge in [0.15, 0.2) is 28.1 Å². The molecular weight excluding hydrogens is 580 g/mol. The van der Waals surface area contributed by atoms with Crippen LogP contribution in [-0.2, 0) is 9.59 Å². The van der Waals surface area contributed by atoms with Gasteiger partial charge in [-0.15, -0.1) is 0 Å². The number of rotatable bonds is 9. The van der Waals surface area contributed by atoms with Crippen LogP contribution in [0.25, 0.3) is 16.0 Å². The first-order valence-corrected chi connectivity index (χ1v) is 15.5. The normalized spacial score (nSPS) is 17.4. The Hall–Kier alpha value is -4.57. The summed E-state index contributed by atoms with van der Waals surface area (Å²) in [4.78, 5) is 33.8. The van der Waals surface area contributed by atoms with Gasteiger partial charge in [0.1, 0.15) is 19.0 Å². The first-order valence-electron chi connectivity index (χ1n) is 14.7. The zero-order valence-electron chi connectivity index (χ0n) is 25.1. The predicted molar refractivity (Wildman–Crippen MR) is 169 cm³/mol. The van der Waals surface area contributed by atoms with Gasteiger partial charge >= 0.3 is 5.91 Å². The van der Waals surface area contributed by atoms with Crippen LogP contribution in [0.2, 0.25) is 0 Å². The van der Waals surface area contributed by atoms with E-state index in [1.807, 2.05) is 26.0 Å². The fraction of sp³-hybridized carbons (Fsp3) is 0.324. The molecular formula is C34H34N2O7S. The number of ether oxygens (including phenoxy) is 4. The Bertz CT molecular complexity index is 1790. The summed E-state index contributed by atoms with van der Waals surface area (Å²) in [7, 11) is 1.54. The van der Waals surface area contributed by atoms with Gasteiger partial charge in [-0.2, -0.15) is 0 Å². The van der Waals surface area contributed by atoms with Crippen molar-refractivity contribution in [3.8, 4) is 23.0 Å². The molecule has 4 aromatic rings. The van der Waals surface area contributed by atoms with Crippen LogP contribution in [0.5, 0.6) is 23.0 Å². The Morgan fingerprint density at radius 1 is 1.02 bits per heavy atom. The van der Waals surface area contributed by atoms with Crippen LogP contribution in [0.4, 0.5) is 5.13 Å². The van der Waals surface area contributed by atoms with Crippen molar-refractivity contribution in [3.63, 3.8) is 0 Å². The molecule has 1 N–H and O–H groups in total. The second kappa shape index (κ2) is 12.2. The van der Waals surface area contributed by atoms with Crippen molar-refractivity contribution < 1.29 is 33.6 Å². The molecule has 1 atom stereocenters. The van der Waals surface area contributed by atoms with Gasteiger partial charge in [-0.3, -0.25) is 14.5 Å². The minimum absolute atomic E-state index is 0.0579. The smallest absolute Gasteiger partial charge is 0.301 e. The fourth-order valence-corrected chi connectivity index (χ4v) is 6.83. The fourth-order valence-electron chi connectivity index (χ4n) is 5.66. The molecule has 2 aliphatic heterocycles. The number of hydrogen-bond acceptors (Lipinski definition) is 9. The van der Waals surface area contributed by atoms with Gasteiger partial charge < -0.3 is 24.1 Å². The number of unbranched alkanes of at least 4 members (excludes halogenated alkanes) is 2. The summed E-state index contributed by atoms with van der Waals surface area (Å²) in [5, 5.41) is 12.0. The molecule has 6 rings (SSSR count). The number of aromatic nitrogens is 1. The van der Waals surface area contributed by atoms with Crippen LogP contribution >= 0.6 is 11.3 Å². The van der Waals surface area contributed by atoms with Gasteiger partial charge in [0.05, 0.1) is 35.5 Å². The van der Waals surface area contributed by atoms with E-state index in [1.165, 1.54) is 16.2 Å². The number of Topliss-reactive ketones (excluding diaryl/α,β-unsaturated/α-hetero) is 1. The highest BCUT2D eigenvalue weighted by Gasteiger charge is 2.48. The number of thiazole rings is 1. The number of methoxy groups -OCH3 is 1. The summed E-state index contributed by atoms with van der Waals surface area (Å²) in [6.45, 7) is 7.43. The Balaban J connectivity index is 1.50. The summed E-state index contributed by atoms with van der Waals surface area (Å²) in [5.41, 5.74) is 3.64. The number of carbonyl (C=O) groups excluding carboxylic acids is 2. The van der Waals surface area contributed by atoms with Crippen molar-refractivity contribution in [2.24, 2.45) is 0 Å². The largest absolute Gasteiger partial charge is 0.507 e. The Kier molecular flexibility index (Phi) is 8.18. The van der Waals surface area contributed by atoms with Crippen LogP contribution in [-0.4, -0.2) is 48.7 Å². The number of aliphatic hydroxyl groups is 1. The number of amides is 1. The van der Waals surface area contributed by atoms with Crippen LogP contribution < -0.4 is 23.8 Å². The van der Waals surface area contributed by atoms with Gasteiger partial charge in [0.2, 0.25) is 0 Å². The Morgan fingerprint density at radius 2 is 1.82 bits per heavy atom. The molecule has 1 aromatic heterocycles. The third-order valence-electron chi connectivity index (χ3n) is 7.79. The topological polar surface area (TPSA) is 107 Å². The average Bonchev–Trinajstić information content (AvgIpc) is 3.56. The number of benzene rings is 3. The lowest BCUT2D eigenvalue weighted by atomic mass is 9.95. The van der Waals surface area contributed by atoms with E-state index in [2.05, 4.69) is 6.92 Å². The van der Waals surface area contributed by atoms with Crippen molar-refractivity contribution in [3.05, 3.63) is 76.4 Å². The summed E-state index contributed by atoms with van der Waals surface area (Å²) in [5.74, 6) is 0.107. The van der Waals surface area contributed by atoms with Crippen molar-refractivity contribution in [1.29, 1.82) is 0 Å². The molecule has 0 spiro atoms. The lowest BCUT2D eigenvalue weighted by molar-refractivity contribution is -0.132. The van der Waals surface area contributed by atoms with Crippen molar-refractivity contribution in [2.45, 2.75) is 46.1 Å². The molecule has 10 heteroatoms. The Labute approximate surface area is 259 Å². The van der Waals surface area contributed by atoms with Gasteiger partial charge in [-0.05, 0) is 73.4 Å². The van der Waals surface area contributed by atoms with Crippen LogP contribution in [0.3, 0.4) is 0 Å². The van der Waals surface area contributed by atoms with E-state index in [0.717, 1.165) is 40.6 Å². The van der Waals surface area contributed by atoms with E-state index in [-0.39, 0.29) is 11.3 Å². The van der Waals surface area contributed by atoms with Gasteiger partial charge in [-0.1, -0.05) is 43.2 Å². The number of carbonyl (C=O) groups is 2. The molecule has 228 valence electrons. The molecule has 1 saturated heterocycles. The van der Waals surface area contributed by atoms with Crippen molar-refractivity contribution in [1.82, 2.24) is 4.98 Å². The van der Waals surface area contributed by atoms with Crippen molar-refractivity contribution >= 4 is 44.1 Å². The number of nitrogens with zero attached hydrogens (tertiary/aromatic N) is 2. The van der Waals surface area contributed by atoms with Crippen LogP contribution in [0.1, 0.15) is 54.5 Å². The first-order chi connectivity index (χ1) is 21.3. The molecule has 0 radical (unpaired) electrons. The number of hydrogen-bond donors (Lipinski definition) is 1. The maximum Gasteiger partial charge on any atom is 0.301 e. The first kappa shape index (κ1) is 29.5. The number of aryl methyl sites for hydroxylation is 2. The maximum atomic E-state index is 13.8. The monoisotopic (exact) mass is 614 g/mol. The molecule has 1 fully saturated rings. The SMILES string of the molecule is CCCCCOc1ccc([C@H]2C(=C(O)c3ccc4c(c3)OCCO4)C(=O)C(=O)N2c2nc3c(C)cc(C)cc3s2)cc1OC. The zero-order valence-corrected chi connectivity index (χ0v) is 26.0. The van der Waals surface area contributed by atoms with Crippen molar-refractivity contribution in [2.75, 3.05) is 31.8 Å². The van der Waals surface area contributed by atoms with Gasteiger partial charge in [-0.25, -0.2) is 4.98 Å². The highest BCUT2D eigenvalue weighted by molar-refractivity contribution is 7.22. The molecule has 3 aromatic carbocycles. The maximum absolute atomic E-state index is 13.8. The van der Waals surface area contributed by atoms with Crippen LogP contribution in [0, 0.1) is 13.8 Å². The number of fused-ring (bicyclic) bond motifs is 2. The molecule has 9 nitrogen and oxygen atoms in total. The van der Waals surface area contributed by atoms with E-state index >= 15 is 0 Å². The summed E-state index contributed by atoms with van der Waals surface area (Å²) in [6, 6.07) is 13.3. The predicted octanol–water partition coefficient (Wildman–Crippen LogP) is 6.89. The van der Waals surface area contributed by atoms with E-state index < -0.39 is 17.7 Å². The molecule has 0 saturated carbocycles. The molecule has 1 amide bonds. The zero-order chi connectivity index (χ0) is 31.0. The number of ketones is 1. The highest BCUT2D eigenvalue weighted by atomic mass is 32.1. The number of anilines is 1. The van der Waals surface area contributed by atoms with Gasteiger partial charge in [0, 0.05) is 5.56 Å². The third kappa shape index (κ3) is 5.34. The second-order valence-electron chi connectivity index (χ2n) is 10.9. The average molecular weight is 615 g/mol. The van der Waals surface area contributed by atoms with Gasteiger partial charge in [0.25, 0.3) is 5.78 Å². The van der Waals surface area contributed by atoms with Crippen LogP contribution in [0.15, 0.2) is 54.1 Å². The van der Waals surface area contributed by atoms with E-state index in [9.17, 15) is 14.7 Å². The third-order valence-corrected chi connectivity index (χ3v) is 8.80. The highest BCUT2D eigenvalue weighted by Crippen LogP contribution is 2.47. The molecule has 0 aliphatic carbocycles. The minimum atomic E-state index is -0.979. The number of aliphatic hydroxyl groups excluding tert-OH is 1. The molecule has 0 bridgehead atoms. The quantitative estimate of drug-likeness (QED) is 0.0940. The van der Waals surface area contributed by atoms with E-state index in [1.54, 1.807) is 43.5 Å². The molecule has 0 unspecified atom stereocenters. The molecule has 44 heavy (non-hydrogen) atoms. The minimum Gasteiger partial charge on any atom is -0.507 e. The standard InChI is InChI=1S/C34H34N2O7S/c1-5-6-7-12-41-23-10-8-21(17-25(23)40-4)30-28(31(37)22-9-11-24-26(18-22)43-14-13-42-24)32(38)33(39)36(30)34-35-29-20(3)15-19(2)16-27(29)44-34/h8-11,15-18,30,37H,5-7,12-14H2,1-4H3/t30-/m0/s1. The summed E-state index contributed by atoms with van der Waals surface area (Å²) in [6.07, 6.45) is 3.04.